The molecule has 5 nitrogen and oxygen atoms in total. The minimum Gasteiger partial charge on any atom is -0.329 e. The summed E-state index contributed by atoms with van der Waals surface area (Å²) in [7, 11) is 0.818. The van der Waals surface area contributed by atoms with Gasteiger partial charge in [0, 0.05) is 0 Å². The molecule has 0 fully saturated rings. The van der Waals surface area contributed by atoms with Crippen LogP contribution in [-0.2, 0) is 13.6 Å². The van der Waals surface area contributed by atoms with Crippen LogP contribution in [0.15, 0.2) is 0 Å². The monoisotopic (exact) mass is 266 g/mol. The number of halogens is 3. The zero-order valence-electron chi connectivity index (χ0n) is 9.32. The van der Waals surface area contributed by atoms with E-state index in [0.717, 1.165) is 0 Å². The summed E-state index contributed by atoms with van der Waals surface area (Å²) in [6.07, 6.45) is -4.65. The van der Waals surface area contributed by atoms with Crippen molar-refractivity contribution in [2.45, 2.75) is 6.18 Å². The minimum atomic E-state index is -4.65. The molecule has 1 N–H and O–H groups in total. The molecule has 9 heteroatoms. The largest absolute Gasteiger partial charge is 0.472 e. The fourth-order valence-electron chi connectivity index (χ4n) is 0.622. The number of rotatable bonds is 6. The predicted molar refractivity (Wildman–Crippen MR) is 50.7 cm³/mol. The number of phosphoric acid groups is 1. The molecule has 1 atom stereocenters. The van der Waals surface area contributed by atoms with Crippen LogP contribution in [0.2, 0.25) is 0 Å². The van der Waals surface area contributed by atoms with Crippen LogP contribution in [0.1, 0.15) is 0 Å². The van der Waals surface area contributed by atoms with Crippen LogP contribution in [0.5, 0.6) is 0 Å². The quantitative estimate of drug-likeness (QED) is 0.583. The molecule has 0 amide bonds. The van der Waals surface area contributed by atoms with Gasteiger partial charge in [0.2, 0.25) is 0 Å². The average molecular weight is 266 g/mol. The molecule has 0 aliphatic carbocycles. The maximum Gasteiger partial charge on any atom is 0.472 e. The van der Waals surface area contributed by atoms with Gasteiger partial charge in [0.15, 0.2) is 6.61 Å². The summed E-state index contributed by atoms with van der Waals surface area (Å²) in [5.74, 6) is 0. The Morgan fingerprint density at radius 1 is 1.25 bits per heavy atom. The number of hydrogen-bond acceptors (Lipinski definition) is 3. The van der Waals surface area contributed by atoms with Crippen LogP contribution in [0.4, 0.5) is 13.2 Å². The lowest BCUT2D eigenvalue weighted by molar-refractivity contribution is -0.870. The summed E-state index contributed by atoms with van der Waals surface area (Å²) in [6, 6.07) is 0. The number of hydrogen-bond donors (Lipinski definition) is 1. The lowest BCUT2D eigenvalue weighted by atomic mass is 10.5. The smallest absolute Gasteiger partial charge is 0.329 e. The van der Waals surface area contributed by atoms with Crippen molar-refractivity contribution < 1.29 is 36.2 Å². The molecule has 0 spiro atoms. The van der Waals surface area contributed by atoms with Crippen molar-refractivity contribution >= 4 is 7.82 Å². The van der Waals surface area contributed by atoms with Gasteiger partial charge < -0.3 is 9.38 Å². The van der Waals surface area contributed by atoms with E-state index in [2.05, 4.69) is 9.05 Å². The highest BCUT2D eigenvalue weighted by Gasteiger charge is 2.33. The van der Waals surface area contributed by atoms with E-state index in [1.807, 2.05) is 21.1 Å². The lowest BCUT2D eigenvalue weighted by Gasteiger charge is -2.24. The molecule has 0 aliphatic rings. The number of alkyl halides is 3. The predicted octanol–water partition coefficient (Wildman–Crippen LogP) is 1.39. The van der Waals surface area contributed by atoms with E-state index in [4.69, 9.17) is 4.89 Å². The highest BCUT2D eigenvalue weighted by molar-refractivity contribution is 7.47. The number of phosphoric ester groups is 1. The van der Waals surface area contributed by atoms with Gasteiger partial charge in [-0.15, -0.1) is 0 Å². The Morgan fingerprint density at radius 2 is 1.75 bits per heavy atom. The summed E-state index contributed by atoms with van der Waals surface area (Å²) in [5.41, 5.74) is 0. The minimum absolute atomic E-state index is 0.158. The SMILES string of the molecule is C[N+](C)(C)CCOP(=O)(O)OCC(F)(F)F. The van der Waals surface area contributed by atoms with Crippen LogP contribution < -0.4 is 0 Å². The molecule has 0 aliphatic heterocycles. The summed E-state index contributed by atoms with van der Waals surface area (Å²) in [6.45, 7) is -1.58. The van der Waals surface area contributed by atoms with Crippen molar-refractivity contribution in [1.82, 2.24) is 0 Å². The Kier molecular flexibility index (Phi) is 5.41. The van der Waals surface area contributed by atoms with E-state index in [9.17, 15) is 17.7 Å². The first-order chi connectivity index (χ1) is 6.91. The Balaban J connectivity index is 3.93. The zero-order valence-corrected chi connectivity index (χ0v) is 10.2. The Labute approximate surface area is 92.0 Å². The van der Waals surface area contributed by atoms with Crippen molar-refractivity contribution in [2.75, 3.05) is 40.9 Å². The van der Waals surface area contributed by atoms with Crippen LogP contribution in [-0.4, -0.2) is 56.5 Å². The van der Waals surface area contributed by atoms with Crippen molar-refractivity contribution in [1.29, 1.82) is 0 Å². The molecular formula is C7H16F3NO4P+. The molecule has 0 aromatic carbocycles. The molecule has 0 radical (unpaired) electrons. The van der Waals surface area contributed by atoms with Gasteiger partial charge in [0.1, 0.15) is 13.2 Å². The van der Waals surface area contributed by atoms with Gasteiger partial charge in [-0.3, -0.25) is 9.05 Å². The maximum absolute atomic E-state index is 11.7. The summed E-state index contributed by atoms with van der Waals surface area (Å²) >= 11 is 0. The zero-order chi connectivity index (χ0) is 13.0. The van der Waals surface area contributed by atoms with Crippen molar-refractivity contribution in [2.24, 2.45) is 0 Å². The lowest BCUT2D eigenvalue weighted by Crippen LogP contribution is -2.37. The number of nitrogens with zero attached hydrogens (tertiary/aromatic N) is 1. The maximum atomic E-state index is 11.7. The summed E-state index contributed by atoms with van der Waals surface area (Å²) in [4.78, 5) is 8.88. The van der Waals surface area contributed by atoms with Gasteiger partial charge in [0.25, 0.3) is 0 Å². The van der Waals surface area contributed by atoms with Crippen molar-refractivity contribution in [3.8, 4) is 0 Å². The van der Waals surface area contributed by atoms with E-state index in [-0.39, 0.29) is 6.61 Å². The molecule has 98 valence electrons. The van der Waals surface area contributed by atoms with E-state index >= 15 is 0 Å². The fourth-order valence-corrected chi connectivity index (χ4v) is 1.32. The Morgan fingerprint density at radius 3 is 2.12 bits per heavy atom. The third kappa shape index (κ3) is 10.4. The summed E-state index contributed by atoms with van der Waals surface area (Å²) < 4.78 is 54.6. The normalized spacial score (nSPS) is 17.2. The molecule has 0 saturated carbocycles. The topological polar surface area (TPSA) is 55.8 Å². The first-order valence-electron chi connectivity index (χ1n) is 4.40. The third-order valence-electron chi connectivity index (χ3n) is 1.41. The fraction of sp³-hybridized carbons (Fsp3) is 1.00. The molecular weight excluding hydrogens is 250 g/mol. The van der Waals surface area contributed by atoms with Crippen LogP contribution in [0, 0.1) is 0 Å². The van der Waals surface area contributed by atoms with E-state index < -0.39 is 20.6 Å². The van der Waals surface area contributed by atoms with Crippen LogP contribution >= 0.6 is 7.82 Å². The molecule has 1 unspecified atom stereocenters. The molecule has 0 heterocycles. The first-order valence-corrected chi connectivity index (χ1v) is 5.90. The van der Waals surface area contributed by atoms with Gasteiger partial charge in [-0.1, -0.05) is 0 Å². The van der Waals surface area contributed by atoms with Crippen LogP contribution in [0.25, 0.3) is 0 Å². The number of quaternary nitrogens is 1. The molecule has 0 saturated heterocycles. The average Bonchev–Trinajstić information content (AvgIpc) is 1.97. The number of likely N-dealkylation sites (N-methyl/N-ethyl adjacent to an activating group) is 1. The van der Waals surface area contributed by atoms with Gasteiger partial charge in [-0.2, -0.15) is 13.2 Å². The summed E-state index contributed by atoms with van der Waals surface area (Å²) in [5, 5.41) is 0. The molecule has 0 aromatic heterocycles. The standard InChI is InChI=1S/C7H15F3NO4P/c1-11(2,3)4-5-14-16(12,13)15-6-7(8,9)10/h4-6H2,1-3H3/p+1. The molecule has 0 rings (SSSR count). The molecule has 0 bridgehead atoms. The van der Waals surface area contributed by atoms with Crippen molar-refractivity contribution in [3.63, 3.8) is 0 Å². The first kappa shape index (κ1) is 15.9. The Hall–Kier alpha value is -0.140. The second-order valence-corrected chi connectivity index (χ2v) is 5.66. The van der Waals surface area contributed by atoms with Gasteiger partial charge in [-0.05, 0) is 0 Å². The van der Waals surface area contributed by atoms with Gasteiger partial charge in [-0.25, -0.2) is 4.57 Å². The van der Waals surface area contributed by atoms with E-state index in [1.165, 1.54) is 0 Å². The van der Waals surface area contributed by atoms with Crippen molar-refractivity contribution in [3.05, 3.63) is 0 Å². The van der Waals surface area contributed by atoms with E-state index in [1.54, 1.807) is 0 Å². The molecule has 16 heavy (non-hydrogen) atoms. The second kappa shape index (κ2) is 5.46. The Bertz CT molecular complexity index is 263. The highest BCUT2D eigenvalue weighted by Crippen LogP contribution is 2.44. The third-order valence-corrected chi connectivity index (χ3v) is 2.37. The molecule has 0 aromatic rings. The van der Waals surface area contributed by atoms with Gasteiger partial charge in [0.05, 0.1) is 21.1 Å². The second-order valence-electron chi connectivity index (χ2n) is 4.20. The van der Waals surface area contributed by atoms with Crippen LogP contribution in [0.3, 0.4) is 0 Å². The highest BCUT2D eigenvalue weighted by atomic mass is 31.2. The van der Waals surface area contributed by atoms with E-state index in [0.29, 0.717) is 11.0 Å². The van der Waals surface area contributed by atoms with Gasteiger partial charge >= 0.3 is 14.0 Å².